The molecule has 23 heavy (non-hydrogen) atoms. The summed E-state index contributed by atoms with van der Waals surface area (Å²) in [5.74, 6) is 0.216. The van der Waals surface area contributed by atoms with E-state index in [1.165, 1.54) is 22.8 Å². The zero-order chi connectivity index (χ0) is 17.0. The summed E-state index contributed by atoms with van der Waals surface area (Å²) in [6.07, 6.45) is 1.24. The van der Waals surface area contributed by atoms with E-state index in [2.05, 4.69) is 15.3 Å². The van der Waals surface area contributed by atoms with Crippen LogP contribution in [0.15, 0.2) is 40.3 Å². The minimum atomic E-state index is -3.50. The number of aromatic nitrogens is 2. The number of nitrogens with one attached hydrogen (secondary N) is 2. The van der Waals surface area contributed by atoms with Gasteiger partial charge in [0.15, 0.2) is 5.82 Å². The number of hydrogen-bond acceptors (Lipinski definition) is 6. The van der Waals surface area contributed by atoms with Gasteiger partial charge in [-0.15, -0.1) is 0 Å². The second kappa shape index (κ2) is 6.80. The molecule has 124 valence electrons. The number of benzene rings is 1. The number of nitrogen functional groups attached to an aromatic ring is 1. The number of H-pyrrole nitrogens is 1. The molecule has 0 aliphatic heterocycles. The Morgan fingerprint density at radius 2 is 1.83 bits per heavy atom. The lowest BCUT2D eigenvalue weighted by atomic mass is 10.3. The predicted molar refractivity (Wildman–Crippen MR) is 89.1 cm³/mol. The molecule has 8 nitrogen and oxygen atoms in total. The van der Waals surface area contributed by atoms with Crippen LogP contribution in [0.25, 0.3) is 0 Å². The third kappa shape index (κ3) is 3.51. The molecule has 0 saturated carbocycles. The van der Waals surface area contributed by atoms with Crippen molar-refractivity contribution in [2.75, 3.05) is 24.1 Å². The van der Waals surface area contributed by atoms with E-state index in [4.69, 9.17) is 5.73 Å². The van der Waals surface area contributed by atoms with Crippen molar-refractivity contribution in [2.45, 2.75) is 18.7 Å². The van der Waals surface area contributed by atoms with Gasteiger partial charge in [-0.05, 0) is 24.3 Å². The first-order valence-electron chi connectivity index (χ1n) is 7.10. The molecule has 1 heterocycles. The molecule has 0 amide bonds. The fourth-order valence-corrected chi connectivity index (χ4v) is 3.53. The average molecular weight is 337 g/mol. The highest BCUT2D eigenvalue weighted by atomic mass is 32.2. The fourth-order valence-electron chi connectivity index (χ4n) is 2.07. The summed E-state index contributed by atoms with van der Waals surface area (Å²) in [5.41, 5.74) is 5.73. The van der Waals surface area contributed by atoms with Crippen LogP contribution < -0.4 is 16.6 Å². The first-order valence-corrected chi connectivity index (χ1v) is 8.54. The van der Waals surface area contributed by atoms with Crippen molar-refractivity contribution >= 4 is 27.2 Å². The predicted octanol–water partition coefficient (Wildman–Crippen LogP) is 1.13. The van der Waals surface area contributed by atoms with Gasteiger partial charge < -0.3 is 16.0 Å². The lowest BCUT2D eigenvalue weighted by molar-refractivity contribution is 0.445. The van der Waals surface area contributed by atoms with E-state index >= 15 is 0 Å². The van der Waals surface area contributed by atoms with Gasteiger partial charge in [0, 0.05) is 18.8 Å². The Labute approximate surface area is 134 Å². The van der Waals surface area contributed by atoms with Gasteiger partial charge in [0.05, 0.1) is 11.2 Å². The van der Waals surface area contributed by atoms with E-state index in [1.807, 2.05) is 0 Å². The third-order valence-electron chi connectivity index (χ3n) is 3.35. The van der Waals surface area contributed by atoms with Crippen LogP contribution >= 0.6 is 0 Å². The van der Waals surface area contributed by atoms with Gasteiger partial charge in [-0.25, -0.2) is 13.4 Å². The van der Waals surface area contributed by atoms with Crippen LogP contribution in [0.3, 0.4) is 0 Å². The molecular formula is C14H19N5O3S. The normalized spacial score (nSPS) is 11.6. The van der Waals surface area contributed by atoms with Crippen molar-refractivity contribution in [1.29, 1.82) is 0 Å². The first-order chi connectivity index (χ1) is 10.9. The number of hydrogen-bond donors (Lipinski definition) is 3. The molecule has 0 unspecified atom stereocenters. The van der Waals surface area contributed by atoms with Crippen molar-refractivity contribution < 1.29 is 8.42 Å². The van der Waals surface area contributed by atoms with Crippen LogP contribution in [0.1, 0.15) is 13.8 Å². The summed E-state index contributed by atoms with van der Waals surface area (Å²) in [4.78, 5) is 17.9. The van der Waals surface area contributed by atoms with Gasteiger partial charge in [-0.1, -0.05) is 13.8 Å². The Hall–Kier alpha value is -2.39. The van der Waals surface area contributed by atoms with Crippen LogP contribution in [-0.4, -0.2) is 35.8 Å². The van der Waals surface area contributed by atoms with Crippen LogP contribution in [-0.2, 0) is 10.0 Å². The molecule has 4 N–H and O–H groups in total. The number of nitrogens with zero attached hydrogens (tertiary/aromatic N) is 2. The highest BCUT2D eigenvalue weighted by molar-refractivity contribution is 7.89. The summed E-state index contributed by atoms with van der Waals surface area (Å²) in [6, 6.07) is 6.19. The van der Waals surface area contributed by atoms with Gasteiger partial charge >= 0.3 is 0 Å². The Morgan fingerprint density at radius 1 is 1.22 bits per heavy atom. The minimum absolute atomic E-state index is 0.0349. The lowest BCUT2D eigenvalue weighted by Crippen LogP contribution is -2.30. The van der Waals surface area contributed by atoms with E-state index in [1.54, 1.807) is 26.0 Å². The number of anilines is 3. The smallest absolute Gasteiger partial charge is 0.276 e. The van der Waals surface area contributed by atoms with E-state index in [9.17, 15) is 13.2 Å². The number of rotatable bonds is 6. The van der Waals surface area contributed by atoms with Gasteiger partial charge in [-0.3, -0.25) is 4.79 Å². The lowest BCUT2D eigenvalue weighted by Gasteiger charge is -2.18. The van der Waals surface area contributed by atoms with Gasteiger partial charge in [-0.2, -0.15) is 4.31 Å². The van der Waals surface area contributed by atoms with Crippen molar-refractivity contribution in [1.82, 2.24) is 14.3 Å². The largest absolute Gasteiger partial charge is 0.391 e. The molecule has 0 atom stereocenters. The molecular weight excluding hydrogens is 318 g/mol. The molecule has 9 heteroatoms. The fraction of sp³-hybridized carbons (Fsp3) is 0.286. The average Bonchev–Trinajstić information content (AvgIpc) is 2.53. The molecule has 0 aliphatic carbocycles. The molecule has 1 aromatic heterocycles. The maximum absolute atomic E-state index is 12.4. The summed E-state index contributed by atoms with van der Waals surface area (Å²) in [7, 11) is -3.50. The second-order valence-electron chi connectivity index (χ2n) is 4.73. The summed E-state index contributed by atoms with van der Waals surface area (Å²) in [6.45, 7) is 4.40. The Bertz CT molecular complexity index is 826. The van der Waals surface area contributed by atoms with E-state index in [0.717, 1.165) is 0 Å². The Balaban J connectivity index is 2.26. The quantitative estimate of drug-likeness (QED) is 0.726. The van der Waals surface area contributed by atoms with Crippen molar-refractivity contribution in [3.8, 4) is 0 Å². The summed E-state index contributed by atoms with van der Waals surface area (Å²) < 4.78 is 26.2. The molecule has 0 aliphatic rings. The molecule has 0 bridgehead atoms. The van der Waals surface area contributed by atoms with Gasteiger partial charge in [0.25, 0.3) is 5.56 Å². The number of sulfonamides is 1. The maximum atomic E-state index is 12.4. The SMILES string of the molecule is CCN(CC)S(=O)(=O)c1ccc(Nc2nc[nH]c(=O)c2N)cc1. The first kappa shape index (κ1) is 17.0. The summed E-state index contributed by atoms with van der Waals surface area (Å²) in [5, 5.41) is 2.88. The number of aromatic amines is 1. The summed E-state index contributed by atoms with van der Waals surface area (Å²) >= 11 is 0. The van der Waals surface area contributed by atoms with Crippen LogP contribution in [0.2, 0.25) is 0 Å². The van der Waals surface area contributed by atoms with Crippen LogP contribution in [0.5, 0.6) is 0 Å². The Morgan fingerprint density at radius 3 is 2.39 bits per heavy atom. The molecule has 2 rings (SSSR count). The minimum Gasteiger partial charge on any atom is -0.391 e. The Kier molecular flexibility index (Phi) is 5.02. The topological polar surface area (TPSA) is 121 Å². The van der Waals surface area contributed by atoms with Crippen LogP contribution in [0, 0.1) is 0 Å². The molecule has 2 aromatic rings. The van der Waals surface area contributed by atoms with Crippen molar-refractivity contribution in [3.63, 3.8) is 0 Å². The van der Waals surface area contributed by atoms with Gasteiger partial charge in [0.1, 0.15) is 5.69 Å². The molecule has 0 saturated heterocycles. The monoisotopic (exact) mass is 337 g/mol. The molecule has 0 spiro atoms. The highest BCUT2D eigenvalue weighted by Crippen LogP contribution is 2.21. The van der Waals surface area contributed by atoms with E-state index in [0.29, 0.717) is 18.8 Å². The van der Waals surface area contributed by atoms with Gasteiger partial charge in [0.2, 0.25) is 10.0 Å². The molecule has 0 fully saturated rings. The van der Waals surface area contributed by atoms with Crippen LogP contribution in [0.4, 0.5) is 17.2 Å². The highest BCUT2D eigenvalue weighted by Gasteiger charge is 2.21. The zero-order valence-electron chi connectivity index (χ0n) is 12.9. The number of nitrogens with two attached hydrogens (primary N) is 1. The molecule has 0 radical (unpaired) electrons. The zero-order valence-corrected chi connectivity index (χ0v) is 13.7. The van der Waals surface area contributed by atoms with E-state index in [-0.39, 0.29) is 16.4 Å². The van der Waals surface area contributed by atoms with Crippen molar-refractivity contribution in [2.24, 2.45) is 0 Å². The third-order valence-corrected chi connectivity index (χ3v) is 5.41. The standard InChI is InChI=1S/C14H19N5O3S/c1-3-19(4-2)23(21,22)11-7-5-10(6-8-11)18-13-12(15)14(20)17-9-16-13/h5-9H,3-4,15H2,1-2H3,(H2,16,17,18,20). The maximum Gasteiger partial charge on any atom is 0.276 e. The van der Waals surface area contributed by atoms with E-state index < -0.39 is 15.6 Å². The second-order valence-corrected chi connectivity index (χ2v) is 6.67. The van der Waals surface area contributed by atoms with Crippen molar-refractivity contribution in [3.05, 3.63) is 40.9 Å². The molecule has 1 aromatic carbocycles.